The molecule has 1 heterocycles. The largest absolute Gasteiger partial charge is 0.493 e. The van der Waals surface area contributed by atoms with Gasteiger partial charge in [-0.2, -0.15) is 4.98 Å². The van der Waals surface area contributed by atoms with Gasteiger partial charge in [0.25, 0.3) is 5.89 Å². The lowest BCUT2D eigenvalue weighted by molar-refractivity contribution is 0.284. The Morgan fingerprint density at radius 2 is 1.76 bits per heavy atom. The van der Waals surface area contributed by atoms with E-state index < -0.39 is 0 Å². The minimum atomic E-state index is 0.469. The summed E-state index contributed by atoms with van der Waals surface area (Å²) in [6.07, 6.45) is 0. The zero-order valence-electron chi connectivity index (χ0n) is 16.7. The smallest absolute Gasteiger partial charge is 0.258 e. The van der Waals surface area contributed by atoms with Gasteiger partial charge in [0.15, 0.2) is 11.5 Å². The quantitative estimate of drug-likeness (QED) is 0.431. The van der Waals surface area contributed by atoms with Crippen LogP contribution in [-0.4, -0.2) is 17.3 Å². The van der Waals surface area contributed by atoms with Gasteiger partial charge in [-0.1, -0.05) is 53.2 Å². The van der Waals surface area contributed by atoms with Crippen molar-refractivity contribution < 1.29 is 14.0 Å². The number of benzene rings is 3. The lowest BCUT2D eigenvalue weighted by Crippen LogP contribution is -1.98. The van der Waals surface area contributed by atoms with Crippen LogP contribution in [0.2, 0.25) is 0 Å². The molecule has 5 heteroatoms. The lowest BCUT2D eigenvalue weighted by atomic mass is 10.1. The van der Waals surface area contributed by atoms with Crippen LogP contribution in [0.1, 0.15) is 16.7 Å². The van der Waals surface area contributed by atoms with Crippen molar-refractivity contribution in [2.45, 2.75) is 20.5 Å². The van der Waals surface area contributed by atoms with Gasteiger partial charge in [-0.3, -0.25) is 0 Å². The maximum atomic E-state index is 5.96. The third-order valence-electron chi connectivity index (χ3n) is 4.70. The first-order valence-electron chi connectivity index (χ1n) is 9.40. The van der Waals surface area contributed by atoms with Crippen LogP contribution in [0.4, 0.5) is 0 Å². The fourth-order valence-electron chi connectivity index (χ4n) is 3.15. The summed E-state index contributed by atoms with van der Waals surface area (Å²) in [4.78, 5) is 4.55. The van der Waals surface area contributed by atoms with E-state index in [9.17, 15) is 0 Å². The molecule has 0 amide bonds. The summed E-state index contributed by atoms with van der Waals surface area (Å²) >= 11 is 0. The van der Waals surface area contributed by atoms with Crippen molar-refractivity contribution in [3.05, 3.63) is 83.4 Å². The Bertz CT molecular complexity index is 1130. The summed E-state index contributed by atoms with van der Waals surface area (Å²) in [5.74, 6) is 2.29. The molecule has 0 unspecified atom stereocenters. The predicted molar refractivity (Wildman–Crippen MR) is 112 cm³/mol. The predicted octanol–water partition coefficient (Wildman–Crippen LogP) is 5.61. The highest BCUT2D eigenvalue weighted by Crippen LogP contribution is 2.33. The average Bonchev–Trinajstić information content (AvgIpc) is 3.22. The van der Waals surface area contributed by atoms with Crippen LogP contribution in [0.3, 0.4) is 0 Å². The molecule has 0 saturated carbocycles. The molecule has 29 heavy (non-hydrogen) atoms. The summed E-state index contributed by atoms with van der Waals surface area (Å²) in [6, 6.07) is 21.8. The summed E-state index contributed by atoms with van der Waals surface area (Å²) in [5, 5.41) is 4.13. The number of ether oxygens (including phenoxy) is 2. The number of aryl methyl sites for hydroxylation is 2. The van der Waals surface area contributed by atoms with Crippen molar-refractivity contribution in [1.82, 2.24) is 10.1 Å². The van der Waals surface area contributed by atoms with Crippen LogP contribution < -0.4 is 9.47 Å². The van der Waals surface area contributed by atoms with Gasteiger partial charge in [-0.25, -0.2) is 0 Å². The minimum Gasteiger partial charge on any atom is -0.493 e. The highest BCUT2D eigenvalue weighted by atomic mass is 16.5. The Labute approximate surface area is 169 Å². The van der Waals surface area contributed by atoms with E-state index in [2.05, 4.69) is 29.2 Å². The molecule has 0 aliphatic heterocycles. The molecule has 0 N–H and O–H groups in total. The first-order chi connectivity index (χ1) is 14.1. The van der Waals surface area contributed by atoms with Gasteiger partial charge in [0.2, 0.25) is 5.82 Å². The molecule has 0 saturated heterocycles. The van der Waals surface area contributed by atoms with Crippen LogP contribution in [0.25, 0.3) is 22.8 Å². The molecule has 146 valence electrons. The molecular weight excluding hydrogens is 364 g/mol. The fourth-order valence-corrected chi connectivity index (χ4v) is 3.15. The van der Waals surface area contributed by atoms with Crippen molar-refractivity contribution in [3.63, 3.8) is 0 Å². The lowest BCUT2D eigenvalue weighted by Gasteiger charge is -2.11. The zero-order valence-corrected chi connectivity index (χ0v) is 16.7. The summed E-state index contributed by atoms with van der Waals surface area (Å²) < 4.78 is 17.0. The van der Waals surface area contributed by atoms with Crippen molar-refractivity contribution >= 4 is 0 Å². The molecule has 0 atom stereocenters. The Kier molecular flexibility index (Phi) is 5.29. The molecule has 0 radical (unpaired) electrons. The van der Waals surface area contributed by atoms with Gasteiger partial charge in [-0.05, 0) is 49.2 Å². The van der Waals surface area contributed by atoms with E-state index in [4.69, 9.17) is 14.0 Å². The normalized spacial score (nSPS) is 10.7. The molecule has 0 aliphatic carbocycles. The first kappa shape index (κ1) is 18.7. The number of hydrogen-bond donors (Lipinski definition) is 0. The molecule has 0 bridgehead atoms. The molecule has 5 nitrogen and oxygen atoms in total. The van der Waals surface area contributed by atoms with Crippen LogP contribution >= 0.6 is 0 Å². The van der Waals surface area contributed by atoms with Crippen molar-refractivity contribution in [1.29, 1.82) is 0 Å². The van der Waals surface area contributed by atoms with Crippen LogP contribution in [0, 0.1) is 13.8 Å². The van der Waals surface area contributed by atoms with Crippen molar-refractivity contribution in [2.75, 3.05) is 7.11 Å². The summed E-state index contributed by atoms with van der Waals surface area (Å²) in [5.41, 5.74) is 5.12. The topological polar surface area (TPSA) is 57.4 Å². The molecule has 4 aromatic rings. The number of nitrogens with zero attached hydrogens (tertiary/aromatic N) is 2. The standard InChI is InChI=1S/C24H22N2O3/c1-16-7-6-9-18(13-16)15-28-21-12-11-19(14-22(21)27-3)23-25-24(29-26-23)20-10-5-4-8-17(20)2/h4-14H,15H2,1-3H3. The van der Waals surface area contributed by atoms with Crippen LogP contribution in [-0.2, 0) is 6.61 Å². The van der Waals surface area contributed by atoms with Gasteiger partial charge in [0.1, 0.15) is 6.61 Å². The van der Waals surface area contributed by atoms with Gasteiger partial charge in [-0.15, -0.1) is 0 Å². The molecule has 1 aromatic heterocycles. The monoisotopic (exact) mass is 386 g/mol. The highest BCUT2D eigenvalue weighted by molar-refractivity contribution is 5.64. The van der Waals surface area contributed by atoms with Gasteiger partial charge in [0.05, 0.1) is 7.11 Å². The second-order valence-corrected chi connectivity index (χ2v) is 6.88. The fraction of sp³-hybridized carbons (Fsp3) is 0.167. The number of hydrogen-bond acceptors (Lipinski definition) is 5. The van der Waals surface area contributed by atoms with E-state index in [1.807, 2.05) is 61.5 Å². The molecule has 0 spiro atoms. The molecule has 0 fully saturated rings. The van der Waals surface area contributed by atoms with E-state index in [0.29, 0.717) is 29.8 Å². The summed E-state index contributed by atoms with van der Waals surface area (Å²) in [6.45, 7) is 4.55. The van der Waals surface area contributed by atoms with Crippen LogP contribution in [0.15, 0.2) is 71.3 Å². The zero-order chi connectivity index (χ0) is 20.2. The SMILES string of the molecule is COc1cc(-c2noc(-c3ccccc3C)n2)ccc1OCc1cccc(C)c1. The van der Waals surface area contributed by atoms with Crippen LogP contribution in [0.5, 0.6) is 11.5 Å². The third-order valence-corrected chi connectivity index (χ3v) is 4.70. The van der Waals surface area contributed by atoms with E-state index in [1.54, 1.807) is 7.11 Å². The number of rotatable bonds is 6. The molecule has 3 aromatic carbocycles. The van der Waals surface area contributed by atoms with Gasteiger partial charge in [0, 0.05) is 11.1 Å². The number of aromatic nitrogens is 2. The minimum absolute atomic E-state index is 0.469. The maximum absolute atomic E-state index is 5.96. The van der Waals surface area contributed by atoms with Crippen molar-refractivity contribution in [3.8, 4) is 34.3 Å². The third kappa shape index (κ3) is 4.14. The van der Waals surface area contributed by atoms with Gasteiger partial charge >= 0.3 is 0 Å². The van der Waals surface area contributed by atoms with E-state index in [-0.39, 0.29) is 0 Å². The molecular formula is C24H22N2O3. The van der Waals surface area contributed by atoms with E-state index >= 15 is 0 Å². The molecule has 4 rings (SSSR count). The number of methoxy groups -OCH3 is 1. The Balaban J connectivity index is 1.56. The maximum Gasteiger partial charge on any atom is 0.258 e. The van der Waals surface area contributed by atoms with E-state index in [1.165, 1.54) is 5.56 Å². The first-order valence-corrected chi connectivity index (χ1v) is 9.40. The van der Waals surface area contributed by atoms with Crippen molar-refractivity contribution in [2.24, 2.45) is 0 Å². The van der Waals surface area contributed by atoms with Gasteiger partial charge < -0.3 is 14.0 Å². The average molecular weight is 386 g/mol. The highest BCUT2D eigenvalue weighted by Gasteiger charge is 2.14. The Morgan fingerprint density at radius 3 is 2.55 bits per heavy atom. The second kappa shape index (κ2) is 8.19. The second-order valence-electron chi connectivity index (χ2n) is 6.88. The molecule has 0 aliphatic rings. The summed E-state index contributed by atoms with van der Waals surface area (Å²) in [7, 11) is 1.62. The Hall–Kier alpha value is -3.60. The van der Waals surface area contributed by atoms with E-state index in [0.717, 1.165) is 22.3 Å². The Morgan fingerprint density at radius 1 is 0.897 bits per heavy atom.